The van der Waals surface area contributed by atoms with Crippen LogP contribution in [0, 0.1) is 0 Å². The highest BCUT2D eigenvalue weighted by Gasteiger charge is 2.39. The van der Waals surface area contributed by atoms with E-state index in [4.69, 9.17) is 14.2 Å². The van der Waals surface area contributed by atoms with Crippen molar-refractivity contribution in [3.63, 3.8) is 0 Å². The van der Waals surface area contributed by atoms with Gasteiger partial charge in [0.1, 0.15) is 23.0 Å². The number of benzene rings is 4. The molecule has 0 aliphatic heterocycles. The minimum absolute atomic E-state index is 0.117. The average Bonchev–Trinajstić information content (AvgIpc) is 2.98. The molecule has 2 N–H and O–H groups in total. The van der Waals surface area contributed by atoms with Crippen LogP contribution in [-0.2, 0) is 22.4 Å². The Balaban J connectivity index is 1.21. The summed E-state index contributed by atoms with van der Waals surface area (Å²) < 4.78 is 17.4. The number of hydrogen-bond donors (Lipinski definition) is 2. The monoisotopic (exact) mass is 539 g/mol. The largest absolute Gasteiger partial charge is 0.484 e. The second kappa shape index (κ2) is 13.8. The van der Waals surface area contributed by atoms with Crippen molar-refractivity contribution >= 4 is 11.9 Å². The molecular formula is C33H33NO6. The second-order valence-electron chi connectivity index (χ2n) is 9.34. The Morgan fingerprint density at radius 2 is 1.27 bits per heavy atom. The molecule has 1 atom stereocenters. The number of aliphatic carboxylic acids is 1. The molecule has 40 heavy (non-hydrogen) atoms. The number of hydrogen-bond acceptors (Lipinski definition) is 5. The summed E-state index contributed by atoms with van der Waals surface area (Å²) in [6.07, 6.45) is 1.16. The van der Waals surface area contributed by atoms with Crippen LogP contribution >= 0.6 is 0 Å². The molecule has 4 aromatic carbocycles. The van der Waals surface area contributed by atoms with Gasteiger partial charge >= 0.3 is 5.97 Å². The summed E-state index contributed by atoms with van der Waals surface area (Å²) in [4.78, 5) is 24.4. The molecule has 0 spiro atoms. The first-order valence-electron chi connectivity index (χ1n) is 13.2. The Morgan fingerprint density at radius 1 is 0.725 bits per heavy atom. The molecule has 206 valence electrons. The van der Waals surface area contributed by atoms with Crippen molar-refractivity contribution in [1.29, 1.82) is 0 Å². The fourth-order valence-electron chi connectivity index (χ4n) is 4.15. The Labute approximate surface area is 234 Å². The maximum atomic E-state index is 12.3. The fourth-order valence-corrected chi connectivity index (χ4v) is 4.15. The number of carbonyl (C=O) groups is 2. The lowest BCUT2D eigenvalue weighted by Gasteiger charge is -2.29. The molecular weight excluding hydrogens is 506 g/mol. The molecule has 7 heteroatoms. The summed E-state index contributed by atoms with van der Waals surface area (Å²) in [7, 11) is 0. The number of carbonyl (C=O) groups excluding carboxylic acids is 1. The van der Waals surface area contributed by atoms with Crippen LogP contribution in [0.15, 0.2) is 109 Å². The third-order valence-corrected chi connectivity index (χ3v) is 6.44. The number of nitrogens with one attached hydrogen (secondary N) is 1. The normalized spacial score (nSPS) is 12.1. The highest BCUT2D eigenvalue weighted by molar-refractivity contribution is 5.78. The van der Waals surface area contributed by atoms with E-state index in [1.165, 1.54) is 0 Å². The van der Waals surface area contributed by atoms with E-state index in [1.54, 1.807) is 55.5 Å². The third-order valence-electron chi connectivity index (χ3n) is 6.44. The van der Waals surface area contributed by atoms with Crippen molar-refractivity contribution in [3.8, 4) is 23.0 Å². The quantitative estimate of drug-likeness (QED) is 0.202. The van der Waals surface area contributed by atoms with Gasteiger partial charge in [-0.3, -0.25) is 4.79 Å². The van der Waals surface area contributed by atoms with Crippen molar-refractivity contribution in [3.05, 3.63) is 120 Å². The van der Waals surface area contributed by atoms with Crippen LogP contribution in [0.2, 0.25) is 0 Å². The molecule has 1 unspecified atom stereocenters. The zero-order valence-corrected chi connectivity index (χ0v) is 22.4. The first-order valence-corrected chi connectivity index (χ1v) is 13.2. The van der Waals surface area contributed by atoms with E-state index in [0.29, 0.717) is 30.9 Å². The van der Waals surface area contributed by atoms with Crippen molar-refractivity contribution < 1.29 is 28.9 Å². The Kier molecular flexibility index (Phi) is 9.77. The van der Waals surface area contributed by atoms with Gasteiger partial charge in [-0.25, -0.2) is 4.79 Å². The van der Waals surface area contributed by atoms with Gasteiger partial charge in [0, 0.05) is 13.0 Å². The summed E-state index contributed by atoms with van der Waals surface area (Å²) in [5.41, 5.74) is 0.480. The van der Waals surface area contributed by atoms with Crippen molar-refractivity contribution in [2.75, 3.05) is 13.2 Å². The summed E-state index contributed by atoms with van der Waals surface area (Å²) in [5, 5.41) is 12.8. The van der Waals surface area contributed by atoms with Gasteiger partial charge < -0.3 is 24.6 Å². The second-order valence-corrected chi connectivity index (χ2v) is 9.34. The molecule has 7 nitrogen and oxygen atoms in total. The van der Waals surface area contributed by atoms with E-state index in [0.717, 1.165) is 22.6 Å². The number of amides is 1. The Bertz CT molecular complexity index is 1360. The molecule has 0 aromatic heterocycles. The van der Waals surface area contributed by atoms with Crippen molar-refractivity contribution in [2.24, 2.45) is 0 Å². The van der Waals surface area contributed by atoms with Gasteiger partial charge in [0.2, 0.25) is 5.60 Å². The molecule has 1 amide bonds. The number of para-hydroxylation sites is 2. The highest BCUT2D eigenvalue weighted by atomic mass is 16.5. The lowest BCUT2D eigenvalue weighted by atomic mass is 9.91. The van der Waals surface area contributed by atoms with Crippen LogP contribution in [0.25, 0.3) is 0 Å². The molecule has 0 saturated carbocycles. The van der Waals surface area contributed by atoms with E-state index in [-0.39, 0.29) is 18.9 Å². The summed E-state index contributed by atoms with van der Waals surface area (Å²) in [6.45, 7) is 2.16. The predicted octanol–water partition coefficient (Wildman–Crippen LogP) is 6.07. The number of carboxylic acid groups (broad SMARTS) is 1. The smallest absolute Gasteiger partial charge is 0.348 e. The zero-order chi connectivity index (χ0) is 28.2. The van der Waals surface area contributed by atoms with E-state index in [9.17, 15) is 14.7 Å². The van der Waals surface area contributed by atoms with Crippen LogP contribution in [0.3, 0.4) is 0 Å². The lowest BCUT2D eigenvalue weighted by molar-refractivity contribution is -0.155. The highest BCUT2D eigenvalue weighted by Crippen LogP contribution is 2.27. The van der Waals surface area contributed by atoms with Gasteiger partial charge in [-0.2, -0.15) is 0 Å². The molecule has 4 aromatic rings. The summed E-state index contributed by atoms with van der Waals surface area (Å²) in [5.74, 6) is 1.32. The number of rotatable bonds is 14. The van der Waals surface area contributed by atoms with Gasteiger partial charge in [-0.1, -0.05) is 67.6 Å². The lowest BCUT2D eigenvalue weighted by Crippen LogP contribution is -2.46. The SMILES string of the molecule is CCC(Cc1ccc(OCC(=O)NCCc2ccc(Oc3ccccc3)cc2)cc1)(Oc1ccccc1)C(=O)O. The molecule has 4 rings (SSSR count). The zero-order valence-electron chi connectivity index (χ0n) is 22.4. The van der Waals surface area contributed by atoms with Crippen LogP contribution < -0.4 is 19.5 Å². The average molecular weight is 540 g/mol. The minimum Gasteiger partial charge on any atom is -0.484 e. The first kappa shape index (κ1) is 28.2. The molecule has 0 heterocycles. The third kappa shape index (κ3) is 8.11. The standard InChI is InChI=1S/C33H33NO6/c1-2-33(32(36)37,40-30-11-7-4-8-12-30)23-26-15-17-27(18-16-26)38-24-31(35)34-22-21-25-13-19-29(20-14-25)39-28-9-5-3-6-10-28/h3-20H,2,21-24H2,1H3,(H,34,35)(H,36,37). The summed E-state index contributed by atoms with van der Waals surface area (Å²) >= 11 is 0. The maximum Gasteiger partial charge on any atom is 0.348 e. The predicted molar refractivity (Wildman–Crippen MR) is 153 cm³/mol. The van der Waals surface area contributed by atoms with E-state index >= 15 is 0 Å². The summed E-state index contributed by atoms with van der Waals surface area (Å²) in [6, 6.07) is 33.3. The Morgan fingerprint density at radius 3 is 1.88 bits per heavy atom. The van der Waals surface area contributed by atoms with Crippen LogP contribution in [0.5, 0.6) is 23.0 Å². The van der Waals surface area contributed by atoms with E-state index in [1.807, 2.05) is 60.7 Å². The van der Waals surface area contributed by atoms with Gasteiger partial charge in [0.05, 0.1) is 0 Å². The number of carboxylic acids is 1. The maximum absolute atomic E-state index is 12.3. The number of ether oxygens (including phenoxy) is 3. The molecule has 0 saturated heterocycles. The van der Waals surface area contributed by atoms with Crippen LogP contribution in [0.4, 0.5) is 0 Å². The van der Waals surface area contributed by atoms with E-state index in [2.05, 4.69) is 5.32 Å². The van der Waals surface area contributed by atoms with Gasteiger partial charge in [-0.05, 0) is 72.5 Å². The molecule has 0 fully saturated rings. The van der Waals surface area contributed by atoms with Gasteiger partial charge in [0.15, 0.2) is 6.61 Å². The van der Waals surface area contributed by atoms with Crippen molar-refractivity contribution in [1.82, 2.24) is 5.32 Å². The van der Waals surface area contributed by atoms with Gasteiger partial charge in [0.25, 0.3) is 5.91 Å². The minimum atomic E-state index is -1.39. The van der Waals surface area contributed by atoms with E-state index < -0.39 is 11.6 Å². The van der Waals surface area contributed by atoms with Crippen LogP contribution in [-0.4, -0.2) is 35.7 Å². The topological polar surface area (TPSA) is 94.1 Å². The van der Waals surface area contributed by atoms with Crippen molar-refractivity contribution in [2.45, 2.75) is 31.8 Å². The molecule has 0 bridgehead atoms. The molecule has 0 radical (unpaired) electrons. The van der Waals surface area contributed by atoms with Gasteiger partial charge in [-0.15, -0.1) is 0 Å². The Hall–Kier alpha value is -4.78. The fraction of sp³-hybridized carbons (Fsp3) is 0.212. The molecule has 0 aliphatic carbocycles. The van der Waals surface area contributed by atoms with Crippen LogP contribution in [0.1, 0.15) is 24.5 Å². The molecule has 0 aliphatic rings. The first-order chi connectivity index (χ1) is 19.5.